The molecule has 2 aromatic rings. The van der Waals surface area contributed by atoms with Gasteiger partial charge in [-0.2, -0.15) is 5.10 Å². The van der Waals surface area contributed by atoms with Gasteiger partial charge in [-0.1, -0.05) is 11.8 Å². The standard InChI is InChI=1S/C11H13N5S/c1-12-9-5-8-10-7(3-4-16(8)15-9)6-13-11(14-10)17-2/h5-6H,3-4H2,1-2H3,(H,12,15). The van der Waals surface area contributed by atoms with Gasteiger partial charge in [-0.3, -0.25) is 4.68 Å². The monoisotopic (exact) mass is 247 g/mol. The highest BCUT2D eigenvalue weighted by molar-refractivity contribution is 7.98. The van der Waals surface area contributed by atoms with E-state index >= 15 is 0 Å². The summed E-state index contributed by atoms with van der Waals surface area (Å²) in [4.78, 5) is 8.90. The number of fused-ring (bicyclic) bond motifs is 3. The lowest BCUT2D eigenvalue weighted by molar-refractivity contribution is 0.601. The van der Waals surface area contributed by atoms with Crippen molar-refractivity contribution in [3.05, 3.63) is 17.8 Å². The molecule has 0 fully saturated rings. The fraction of sp³-hybridized carbons (Fsp3) is 0.364. The molecular formula is C11H13N5S. The fourth-order valence-corrected chi connectivity index (χ4v) is 2.36. The maximum Gasteiger partial charge on any atom is 0.187 e. The zero-order valence-corrected chi connectivity index (χ0v) is 10.6. The zero-order chi connectivity index (χ0) is 11.8. The van der Waals surface area contributed by atoms with E-state index in [9.17, 15) is 0 Å². The summed E-state index contributed by atoms with van der Waals surface area (Å²) in [7, 11) is 1.88. The molecule has 0 spiro atoms. The van der Waals surface area contributed by atoms with Gasteiger partial charge in [-0.15, -0.1) is 0 Å². The molecule has 0 atom stereocenters. The summed E-state index contributed by atoms with van der Waals surface area (Å²) in [6, 6.07) is 2.04. The molecule has 6 heteroatoms. The smallest absolute Gasteiger partial charge is 0.187 e. The van der Waals surface area contributed by atoms with Gasteiger partial charge in [0.1, 0.15) is 5.82 Å². The molecule has 2 aromatic heterocycles. The number of aryl methyl sites for hydroxylation is 2. The minimum absolute atomic E-state index is 0.810. The first kappa shape index (κ1) is 10.6. The highest BCUT2D eigenvalue weighted by Gasteiger charge is 2.20. The van der Waals surface area contributed by atoms with Crippen molar-refractivity contribution in [3.8, 4) is 11.4 Å². The van der Waals surface area contributed by atoms with Crippen LogP contribution in [0.3, 0.4) is 0 Å². The Balaban J connectivity index is 2.16. The summed E-state index contributed by atoms with van der Waals surface area (Å²) in [5.41, 5.74) is 3.30. The topological polar surface area (TPSA) is 55.6 Å². The molecule has 0 radical (unpaired) electrons. The van der Waals surface area contributed by atoms with Crippen LogP contribution in [-0.2, 0) is 13.0 Å². The van der Waals surface area contributed by atoms with Crippen LogP contribution in [0.2, 0.25) is 0 Å². The molecular weight excluding hydrogens is 234 g/mol. The van der Waals surface area contributed by atoms with E-state index in [1.165, 1.54) is 5.56 Å². The quantitative estimate of drug-likeness (QED) is 0.646. The fourth-order valence-electron chi connectivity index (χ4n) is 2.02. The largest absolute Gasteiger partial charge is 0.372 e. The van der Waals surface area contributed by atoms with Crippen LogP contribution in [0.4, 0.5) is 5.82 Å². The van der Waals surface area contributed by atoms with Crippen molar-refractivity contribution in [2.24, 2.45) is 0 Å². The van der Waals surface area contributed by atoms with Crippen LogP contribution in [0.5, 0.6) is 0 Å². The predicted molar refractivity (Wildman–Crippen MR) is 68.3 cm³/mol. The Morgan fingerprint density at radius 2 is 2.35 bits per heavy atom. The minimum Gasteiger partial charge on any atom is -0.372 e. The van der Waals surface area contributed by atoms with Crippen molar-refractivity contribution >= 4 is 17.6 Å². The van der Waals surface area contributed by atoms with E-state index in [1.54, 1.807) is 11.8 Å². The van der Waals surface area contributed by atoms with Gasteiger partial charge in [0.05, 0.1) is 11.4 Å². The average molecular weight is 247 g/mol. The molecule has 1 N–H and O–H groups in total. The lowest BCUT2D eigenvalue weighted by Crippen LogP contribution is -2.13. The van der Waals surface area contributed by atoms with E-state index in [2.05, 4.69) is 20.4 Å². The minimum atomic E-state index is 0.810. The molecule has 0 aromatic carbocycles. The highest BCUT2D eigenvalue weighted by atomic mass is 32.2. The Kier molecular flexibility index (Phi) is 2.51. The van der Waals surface area contributed by atoms with Gasteiger partial charge in [0.15, 0.2) is 5.16 Å². The summed E-state index contributed by atoms with van der Waals surface area (Å²) in [5.74, 6) is 0.886. The summed E-state index contributed by atoms with van der Waals surface area (Å²) in [6.45, 7) is 0.895. The number of thioether (sulfide) groups is 1. The lowest BCUT2D eigenvalue weighted by atomic mass is 10.1. The highest BCUT2D eigenvalue weighted by Crippen LogP contribution is 2.29. The molecule has 0 amide bonds. The number of aromatic nitrogens is 4. The first-order valence-corrected chi connectivity index (χ1v) is 6.70. The second kappa shape index (κ2) is 4.03. The Morgan fingerprint density at radius 3 is 3.12 bits per heavy atom. The van der Waals surface area contributed by atoms with Crippen LogP contribution < -0.4 is 5.32 Å². The Labute approximate surface area is 104 Å². The first-order valence-electron chi connectivity index (χ1n) is 5.47. The molecule has 17 heavy (non-hydrogen) atoms. The van der Waals surface area contributed by atoms with Crippen LogP contribution in [0.25, 0.3) is 11.4 Å². The number of anilines is 1. The van der Waals surface area contributed by atoms with Crippen molar-refractivity contribution < 1.29 is 0 Å². The normalized spacial score (nSPS) is 13.1. The van der Waals surface area contributed by atoms with E-state index in [4.69, 9.17) is 0 Å². The van der Waals surface area contributed by atoms with Crippen molar-refractivity contribution in [1.29, 1.82) is 0 Å². The van der Waals surface area contributed by atoms with Crippen LogP contribution in [-0.4, -0.2) is 33.1 Å². The SMILES string of the molecule is CNc1cc2n(n1)CCc1cnc(SC)nc1-2. The van der Waals surface area contributed by atoms with Crippen LogP contribution in [0, 0.1) is 0 Å². The van der Waals surface area contributed by atoms with Gasteiger partial charge in [0.25, 0.3) is 0 Å². The molecule has 0 saturated heterocycles. The number of hydrogen-bond donors (Lipinski definition) is 1. The third-order valence-electron chi connectivity index (χ3n) is 2.90. The summed E-state index contributed by atoms with van der Waals surface area (Å²) in [6.07, 6.45) is 4.87. The molecule has 0 unspecified atom stereocenters. The van der Waals surface area contributed by atoms with Gasteiger partial charge in [0, 0.05) is 31.4 Å². The van der Waals surface area contributed by atoms with Crippen molar-refractivity contribution in [3.63, 3.8) is 0 Å². The summed E-state index contributed by atoms with van der Waals surface area (Å²) in [5, 5.41) is 8.33. The van der Waals surface area contributed by atoms with Gasteiger partial charge >= 0.3 is 0 Å². The number of nitrogens with one attached hydrogen (secondary N) is 1. The first-order chi connectivity index (χ1) is 8.31. The van der Waals surface area contributed by atoms with Crippen LogP contribution in [0.15, 0.2) is 17.4 Å². The third kappa shape index (κ3) is 1.68. The predicted octanol–water partition coefficient (Wildman–Crippen LogP) is 1.66. The maximum absolute atomic E-state index is 4.58. The van der Waals surface area contributed by atoms with Gasteiger partial charge in [-0.25, -0.2) is 9.97 Å². The van der Waals surface area contributed by atoms with Crippen LogP contribution >= 0.6 is 11.8 Å². The second-order valence-corrected chi connectivity index (χ2v) is 4.64. The second-order valence-electron chi connectivity index (χ2n) is 3.87. The van der Waals surface area contributed by atoms with Crippen molar-refractivity contribution in [1.82, 2.24) is 19.7 Å². The van der Waals surface area contributed by atoms with E-state index in [0.29, 0.717) is 0 Å². The molecule has 5 nitrogen and oxygen atoms in total. The molecule has 3 heterocycles. The van der Waals surface area contributed by atoms with Crippen molar-refractivity contribution in [2.45, 2.75) is 18.1 Å². The Bertz CT molecular complexity index is 563. The third-order valence-corrected chi connectivity index (χ3v) is 3.46. The average Bonchev–Trinajstić information content (AvgIpc) is 2.81. The summed E-state index contributed by atoms with van der Waals surface area (Å²) < 4.78 is 2.01. The van der Waals surface area contributed by atoms with Gasteiger partial charge < -0.3 is 5.32 Å². The molecule has 0 saturated carbocycles. The van der Waals surface area contributed by atoms with Crippen molar-refractivity contribution in [2.75, 3.05) is 18.6 Å². The molecule has 88 valence electrons. The molecule has 0 bridgehead atoms. The molecule has 1 aliphatic heterocycles. The molecule has 1 aliphatic rings. The summed E-state index contributed by atoms with van der Waals surface area (Å²) >= 11 is 1.56. The zero-order valence-electron chi connectivity index (χ0n) is 9.77. The van der Waals surface area contributed by atoms with E-state index in [-0.39, 0.29) is 0 Å². The number of rotatable bonds is 2. The maximum atomic E-state index is 4.58. The van der Waals surface area contributed by atoms with E-state index < -0.39 is 0 Å². The molecule has 0 aliphatic carbocycles. The number of nitrogens with zero attached hydrogens (tertiary/aromatic N) is 4. The Hall–Kier alpha value is -1.56. The van der Waals surface area contributed by atoms with Gasteiger partial charge in [0.2, 0.25) is 0 Å². The van der Waals surface area contributed by atoms with Crippen LogP contribution in [0.1, 0.15) is 5.56 Å². The van der Waals surface area contributed by atoms with E-state index in [1.807, 2.05) is 30.2 Å². The Morgan fingerprint density at radius 1 is 1.47 bits per heavy atom. The number of hydrogen-bond acceptors (Lipinski definition) is 5. The van der Waals surface area contributed by atoms with Gasteiger partial charge in [-0.05, 0) is 12.7 Å². The van der Waals surface area contributed by atoms with E-state index in [0.717, 1.165) is 35.3 Å². The lowest BCUT2D eigenvalue weighted by Gasteiger charge is -2.16. The molecule has 3 rings (SSSR count).